The van der Waals surface area contributed by atoms with Crippen molar-refractivity contribution in [3.8, 4) is 0 Å². The molecule has 7 nitrogen and oxygen atoms in total. The van der Waals surface area contributed by atoms with Gasteiger partial charge in [-0.1, -0.05) is 34.6 Å². The fraction of sp³-hybridized carbons (Fsp3) is 0.533. The molecule has 0 aliphatic rings. The molecule has 0 aromatic heterocycles. The monoisotopic (exact) mass is 307 g/mol. The molecule has 0 N–H and O–H groups in total. The van der Waals surface area contributed by atoms with Crippen molar-refractivity contribution in [2.24, 2.45) is 5.41 Å². The molecular weight excluding hydrogens is 288 g/mol. The van der Waals surface area contributed by atoms with Gasteiger partial charge in [-0.05, 0) is 17.4 Å². The molecular formula is C15H19N2O5. The number of hydrogen-bond donors (Lipinski definition) is 0. The first kappa shape index (κ1) is 17.7. The Morgan fingerprint density at radius 1 is 1.00 bits per heavy atom. The van der Waals surface area contributed by atoms with Crippen molar-refractivity contribution in [3.05, 3.63) is 43.5 Å². The summed E-state index contributed by atoms with van der Waals surface area (Å²) in [4.78, 5) is 32.3. The number of hydrogen-bond acceptors (Lipinski definition) is 5. The predicted octanol–water partition coefficient (Wildman–Crippen LogP) is 3.48. The van der Waals surface area contributed by atoms with Gasteiger partial charge in [0.05, 0.1) is 9.85 Å². The van der Waals surface area contributed by atoms with E-state index in [9.17, 15) is 25.0 Å². The lowest BCUT2D eigenvalue weighted by molar-refractivity contribution is -0.395. The van der Waals surface area contributed by atoms with Crippen LogP contribution in [-0.2, 0) is 16.6 Å². The van der Waals surface area contributed by atoms with Crippen LogP contribution >= 0.6 is 0 Å². The van der Waals surface area contributed by atoms with E-state index in [0.717, 1.165) is 0 Å². The number of rotatable bonds is 5. The highest BCUT2D eigenvalue weighted by Crippen LogP contribution is 2.38. The molecule has 0 aliphatic carbocycles. The zero-order valence-electron chi connectivity index (χ0n) is 13.3. The Kier molecular flexibility index (Phi) is 4.70. The minimum Gasteiger partial charge on any atom is -0.290 e. The molecule has 0 heterocycles. The lowest BCUT2D eigenvalue weighted by atomic mass is 9.82. The third-order valence-electron chi connectivity index (χ3n) is 3.36. The van der Waals surface area contributed by atoms with Gasteiger partial charge in [-0.3, -0.25) is 25.0 Å². The molecule has 0 unspecified atom stereocenters. The minimum absolute atomic E-state index is 0.0450. The van der Waals surface area contributed by atoms with Gasteiger partial charge in [-0.25, -0.2) is 0 Å². The van der Waals surface area contributed by atoms with E-state index in [1.165, 1.54) is 26.0 Å². The summed E-state index contributed by atoms with van der Waals surface area (Å²) < 4.78 is 0. The summed E-state index contributed by atoms with van der Waals surface area (Å²) in [6.45, 7) is 8.52. The van der Waals surface area contributed by atoms with Crippen LogP contribution in [-0.4, -0.2) is 16.1 Å². The summed E-state index contributed by atoms with van der Waals surface area (Å²) in [5, 5.41) is 22.7. The second kappa shape index (κ2) is 5.82. The quantitative estimate of drug-likeness (QED) is 0.612. The smallest absolute Gasteiger partial charge is 0.279 e. The van der Waals surface area contributed by atoms with Gasteiger partial charge in [-0.15, -0.1) is 0 Å². The van der Waals surface area contributed by atoms with Crippen LogP contribution < -0.4 is 0 Å². The summed E-state index contributed by atoms with van der Waals surface area (Å²) in [5.41, 5.74) is -1.72. The SMILES string of the molecule is CC(C)([C]=O)Cc1c([N+](=O)[O-])cc(C(C)(C)C)cc1[N+](=O)[O-]. The van der Waals surface area contributed by atoms with Crippen molar-refractivity contribution in [3.63, 3.8) is 0 Å². The maximum Gasteiger partial charge on any atom is 0.279 e. The first-order valence-corrected chi connectivity index (χ1v) is 6.74. The van der Waals surface area contributed by atoms with Crippen molar-refractivity contribution in [2.45, 2.75) is 46.5 Å². The van der Waals surface area contributed by atoms with Crippen LogP contribution in [0.25, 0.3) is 0 Å². The fourth-order valence-electron chi connectivity index (χ4n) is 2.06. The summed E-state index contributed by atoms with van der Waals surface area (Å²) in [5.74, 6) is 0. The first-order valence-electron chi connectivity index (χ1n) is 6.74. The van der Waals surface area contributed by atoms with Crippen molar-refractivity contribution in [2.75, 3.05) is 0 Å². The van der Waals surface area contributed by atoms with E-state index >= 15 is 0 Å². The van der Waals surface area contributed by atoms with Crippen LogP contribution in [0, 0.1) is 25.6 Å². The van der Waals surface area contributed by atoms with Crippen molar-refractivity contribution >= 4 is 17.7 Å². The summed E-state index contributed by atoms with van der Waals surface area (Å²) in [6.07, 6.45) is 1.65. The highest BCUT2D eigenvalue weighted by atomic mass is 16.6. The third-order valence-corrected chi connectivity index (χ3v) is 3.36. The molecule has 0 atom stereocenters. The number of nitro benzene ring substituents is 2. The standard InChI is InChI=1S/C15H19N2O5/c1-14(2,3)10-6-12(16(19)20)11(8-15(4,5)9-18)13(7-10)17(21)22/h6-7H,8H2,1-5H3. The van der Waals surface area contributed by atoms with E-state index in [1.807, 2.05) is 20.8 Å². The largest absolute Gasteiger partial charge is 0.290 e. The summed E-state index contributed by atoms with van der Waals surface area (Å²) >= 11 is 0. The molecule has 0 saturated carbocycles. The highest BCUT2D eigenvalue weighted by Gasteiger charge is 2.33. The van der Waals surface area contributed by atoms with Crippen LogP contribution in [0.3, 0.4) is 0 Å². The summed E-state index contributed by atoms with van der Waals surface area (Å²) in [6, 6.07) is 2.70. The lowest BCUT2D eigenvalue weighted by Gasteiger charge is -2.21. The van der Waals surface area contributed by atoms with E-state index in [-0.39, 0.29) is 23.4 Å². The maximum absolute atomic E-state index is 11.3. The molecule has 119 valence electrons. The molecule has 1 aromatic rings. The third kappa shape index (κ3) is 3.87. The highest BCUT2D eigenvalue weighted by molar-refractivity contribution is 5.64. The Balaban J connectivity index is 3.69. The van der Waals surface area contributed by atoms with Crippen LogP contribution in [0.5, 0.6) is 0 Å². The van der Waals surface area contributed by atoms with Crippen molar-refractivity contribution in [1.29, 1.82) is 0 Å². The molecule has 1 aromatic carbocycles. The Morgan fingerprint density at radius 3 is 1.68 bits per heavy atom. The van der Waals surface area contributed by atoms with Gasteiger partial charge in [0.1, 0.15) is 5.56 Å². The molecule has 0 spiro atoms. The Morgan fingerprint density at radius 2 is 1.41 bits per heavy atom. The molecule has 0 bridgehead atoms. The number of benzene rings is 1. The number of nitrogens with zero attached hydrogens (tertiary/aromatic N) is 2. The van der Waals surface area contributed by atoms with E-state index in [1.54, 1.807) is 6.29 Å². The summed E-state index contributed by atoms with van der Waals surface area (Å²) in [7, 11) is 0. The van der Waals surface area contributed by atoms with Gasteiger partial charge >= 0.3 is 0 Å². The molecule has 0 fully saturated rings. The van der Waals surface area contributed by atoms with Crippen LogP contribution in [0.4, 0.5) is 11.4 Å². The average molecular weight is 307 g/mol. The predicted molar refractivity (Wildman–Crippen MR) is 81.6 cm³/mol. The van der Waals surface area contributed by atoms with Gasteiger partial charge in [-0.2, -0.15) is 0 Å². The van der Waals surface area contributed by atoms with Crippen molar-refractivity contribution < 1.29 is 14.6 Å². The van der Waals surface area contributed by atoms with E-state index in [2.05, 4.69) is 0 Å². The zero-order chi connectivity index (χ0) is 17.3. The average Bonchev–Trinajstić information content (AvgIpc) is 2.36. The molecule has 0 aliphatic heterocycles. The van der Waals surface area contributed by atoms with E-state index in [4.69, 9.17) is 0 Å². The normalized spacial score (nSPS) is 12.0. The van der Waals surface area contributed by atoms with Gasteiger partial charge in [0.15, 0.2) is 0 Å². The number of carbonyl (C=O) groups excluding carboxylic acids is 1. The van der Waals surface area contributed by atoms with Crippen molar-refractivity contribution in [1.82, 2.24) is 0 Å². The minimum atomic E-state index is -1.04. The Bertz CT molecular complexity index is 594. The van der Waals surface area contributed by atoms with E-state index in [0.29, 0.717) is 5.56 Å². The topological polar surface area (TPSA) is 103 Å². The van der Waals surface area contributed by atoms with Gasteiger partial charge in [0, 0.05) is 17.5 Å². The van der Waals surface area contributed by atoms with Crippen LogP contribution in [0.1, 0.15) is 45.7 Å². The zero-order valence-corrected chi connectivity index (χ0v) is 13.3. The Labute approximate surface area is 128 Å². The van der Waals surface area contributed by atoms with Crippen LogP contribution in [0.2, 0.25) is 0 Å². The molecule has 1 rings (SSSR count). The lowest BCUT2D eigenvalue weighted by Crippen LogP contribution is -2.19. The second-order valence-electron chi connectivity index (χ2n) is 6.92. The van der Waals surface area contributed by atoms with Gasteiger partial charge < -0.3 is 0 Å². The maximum atomic E-state index is 11.3. The Hall–Kier alpha value is -2.31. The molecule has 1 radical (unpaired) electrons. The number of nitro groups is 2. The van der Waals surface area contributed by atoms with Gasteiger partial charge in [0.25, 0.3) is 11.4 Å². The molecule has 7 heteroatoms. The fourth-order valence-corrected chi connectivity index (χ4v) is 2.06. The van der Waals surface area contributed by atoms with Gasteiger partial charge in [0.2, 0.25) is 6.29 Å². The molecule has 0 saturated heterocycles. The molecule has 22 heavy (non-hydrogen) atoms. The van der Waals surface area contributed by atoms with Crippen LogP contribution in [0.15, 0.2) is 12.1 Å². The van der Waals surface area contributed by atoms with E-state index < -0.39 is 20.7 Å². The second-order valence-corrected chi connectivity index (χ2v) is 6.92. The first-order chi connectivity index (χ1) is 9.89. The molecule has 0 amide bonds.